The fourth-order valence-electron chi connectivity index (χ4n) is 1.51. The van der Waals surface area contributed by atoms with Gasteiger partial charge in [-0.15, -0.1) is 0 Å². The summed E-state index contributed by atoms with van der Waals surface area (Å²) in [4.78, 5) is 5.62. The highest BCUT2D eigenvalue weighted by atomic mass is 19.4. The van der Waals surface area contributed by atoms with Gasteiger partial charge in [0.15, 0.2) is 0 Å². The first-order valence-corrected chi connectivity index (χ1v) is 6.24. The lowest BCUT2D eigenvalue weighted by molar-refractivity contribution is -0.132. The van der Waals surface area contributed by atoms with Crippen molar-refractivity contribution in [3.63, 3.8) is 0 Å². The van der Waals surface area contributed by atoms with Crippen LogP contribution in [0.4, 0.5) is 19.0 Å². The number of pyridine rings is 1. The maximum absolute atomic E-state index is 12.2. The second kappa shape index (κ2) is 6.75. The van der Waals surface area contributed by atoms with E-state index in [1.165, 1.54) is 4.90 Å². The van der Waals surface area contributed by atoms with E-state index in [0.717, 1.165) is 5.56 Å². The van der Waals surface area contributed by atoms with Gasteiger partial charge in [-0.25, -0.2) is 4.98 Å². The topological polar surface area (TPSA) is 28.2 Å². The maximum Gasteiger partial charge on any atom is 0.390 e. The largest absolute Gasteiger partial charge is 0.390 e. The van der Waals surface area contributed by atoms with Crippen molar-refractivity contribution >= 4 is 5.82 Å². The molecule has 0 aliphatic rings. The van der Waals surface area contributed by atoms with Gasteiger partial charge in [0.25, 0.3) is 0 Å². The number of nitrogens with one attached hydrogen (secondary N) is 1. The van der Waals surface area contributed by atoms with Crippen LogP contribution in [0.15, 0.2) is 18.3 Å². The van der Waals surface area contributed by atoms with E-state index in [-0.39, 0.29) is 6.54 Å². The Balaban J connectivity index is 2.60. The maximum atomic E-state index is 12.2. The van der Waals surface area contributed by atoms with Crippen molar-refractivity contribution in [1.82, 2.24) is 10.3 Å². The highest BCUT2D eigenvalue weighted by Crippen LogP contribution is 2.21. The lowest BCUT2D eigenvalue weighted by Gasteiger charge is -2.19. The number of nitrogens with zero attached hydrogens (tertiary/aromatic N) is 2. The number of hydrogen-bond donors (Lipinski definition) is 1. The van der Waals surface area contributed by atoms with Gasteiger partial charge in [-0.1, -0.05) is 13.8 Å². The Labute approximate surface area is 111 Å². The lowest BCUT2D eigenvalue weighted by Crippen LogP contribution is -2.25. The quantitative estimate of drug-likeness (QED) is 0.865. The molecule has 0 aliphatic heterocycles. The number of anilines is 1. The van der Waals surface area contributed by atoms with E-state index in [0.29, 0.717) is 18.4 Å². The minimum absolute atomic E-state index is 0.0858. The monoisotopic (exact) mass is 275 g/mol. The van der Waals surface area contributed by atoms with Crippen LogP contribution >= 0.6 is 0 Å². The van der Waals surface area contributed by atoms with E-state index in [9.17, 15) is 13.2 Å². The van der Waals surface area contributed by atoms with Crippen LogP contribution in [0.3, 0.4) is 0 Å². The van der Waals surface area contributed by atoms with Crippen LogP contribution in [0.5, 0.6) is 0 Å². The van der Waals surface area contributed by atoms with Gasteiger partial charge in [-0.3, -0.25) is 0 Å². The molecule has 0 aliphatic carbocycles. The average molecular weight is 275 g/mol. The number of halogens is 3. The van der Waals surface area contributed by atoms with E-state index >= 15 is 0 Å². The van der Waals surface area contributed by atoms with Crippen LogP contribution in [-0.4, -0.2) is 30.8 Å². The summed E-state index contributed by atoms with van der Waals surface area (Å²) in [5.74, 6) is 0.562. The molecule has 0 bridgehead atoms. The van der Waals surface area contributed by atoms with Crippen LogP contribution in [0.1, 0.15) is 25.8 Å². The molecule has 1 rings (SSSR count). The molecule has 0 radical (unpaired) electrons. The summed E-state index contributed by atoms with van der Waals surface area (Å²) in [6.45, 7) is 4.67. The van der Waals surface area contributed by atoms with E-state index in [1.54, 1.807) is 13.2 Å². The van der Waals surface area contributed by atoms with Crippen molar-refractivity contribution in [3.8, 4) is 0 Å². The Kier molecular flexibility index (Phi) is 5.60. The molecule has 0 saturated heterocycles. The summed E-state index contributed by atoms with van der Waals surface area (Å²) in [7, 11) is 1.62. The number of rotatable bonds is 6. The van der Waals surface area contributed by atoms with Crippen molar-refractivity contribution in [1.29, 1.82) is 0 Å². The lowest BCUT2D eigenvalue weighted by atomic mass is 10.2. The molecule has 1 aromatic heterocycles. The van der Waals surface area contributed by atoms with E-state index in [1.807, 2.05) is 26.0 Å². The second-order valence-corrected chi connectivity index (χ2v) is 4.84. The minimum Gasteiger partial charge on any atom is -0.359 e. The normalized spacial score (nSPS) is 11.9. The minimum atomic E-state index is -4.13. The summed E-state index contributed by atoms with van der Waals surface area (Å²) in [6.07, 6.45) is -3.35. The van der Waals surface area contributed by atoms with Crippen LogP contribution in [0.2, 0.25) is 0 Å². The zero-order chi connectivity index (χ0) is 14.5. The molecule has 1 aromatic rings. The molecule has 19 heavy (non-hydrogen) atoms. The Hall–Kier alpha value is -1.30. The SMILES string of the molecule is CC(C)NCc1ccnc(N(C)CCC(F)(F)F)c1. The summed E-state index contributed by atoms with van der Waals surface area (Å²) in [5, 5.41) is 3.26. The molecular formula is C13H20F3N3. The van der Waals surface area contributed by atoms with Crippen LogP contribution < -0.4 is 10.2 Å². The third-order valence-electron chi connectivity index (χ3n) is 2.65. The van der Waals surface area contributed by atoms with Crippen LogP contribution in [0.25, 0.3) is 0 Å². The van der Waals surface area contributed by atoms with Crippen LogP contribution in [-0.2, 0) is 6.54 Å². The van der Waals surface area contributed by atoms with Gasteiger partial charge < -0.3 is 10.2 Å². The summed E-state index contributed by atoms with van der Waals surface area (Å²) < 4.78 is 36.5. The van der Waals surface area contributed by atoms with Crippen molar-refractivity contribution in [3.05, 3.63) is 23.9 Å². The Morgan fingerprint density at radius 1 is 1.37 bits per heavy atom. The fourth-order valence-corrected chi connectivity index (χ4v) is 1.51. The Morgan fingerprint density at radius 3 is 2.63 bits per heavy atom. The van der Waals surface area contributed by atoms with Gasteiger partial charge >= 0.3 is 6.18 Å². The van der Waals surface area contributed by atoms with Crippen molar-refractivity contribution in [2.75, 3.05) is 18.5 Å². The molecule has 0 saturated carbocycles. The van der Waals surface area contributed by atoms with E-state index in [2.05, 4.69) is 10.3 Å². The molecule has 0 amide bonds. The fraction of sp³-hybridized carbons (Fsp3) is 0.615. The first-order valence-electron chi connectivity index (χ1n) is 6.24. The zero-order valence-corrected chi connectivity index (χ0v) is 11.5. The molecule has 1 heterocycles. The summed E-state index contributed by atoms with van der Waals surface area (Å²) in [6, 6.07) is 4.03. The van der Waals surface area contributed by atoms with Gasteiger partial charge in [-0.2, -0.15) is 13.2 Å². The second-order valence-electron chi connectivity index (χ2n) is 4.84. The van der Waals surface area contributed by atoms with Crippen LogP contribution in [0, 0.1) is 0 Å². The molecule has 0 aromatic carbocycles. The zero-order valence-electron chi connectivity index (χ0n) is 11.5. The third-order valence-corrected chi connectivity index (χ3v) is 2.65. The molecule has 0 atom stereocenters. The van der Waals surface area contributed by atoms with E-state index in [4.69, 9.17) is 0 Å². The van der Waals surface area contributed by atoms with Crippen molar-refractivity contribution in [2.45, 2.75) is 39.0 Å². The standard InChI is InChI=1S/C13H20F3N3/c1-10(2)18-9-11-4-6-17-12(8-11)19(3)7-5-13(14,15)16/h4,6,8,10,18H,5,7,9H2,1-3H3. The molecule has 3 nitrogen and oxygen atoms in total. The van der Waals surface area contributed by atoms with Gasteiger partial charge in [0.2, 0.25) is 0 Å². The molecule has 0 fully saturated rings. The highest BCUT2D eigenvalue weighted by molar-refractivity contribution is 5.40. The van der Waals surface area contributed by atoms with Crippen molar-refractivity contribution < 1.29 is 13.2 Å². The summed E-state index contributed by atoms with van der Waals surface area (Å²) >= 11 is 0. The summed E-state index contributed by atoms with van der Waals surface area (Å²) in [5.41, 5.74) is 1.01. The molecule has 0 unspecified atom stereocenters. The number of aromatic nitrogens is 1. The predicted molar refractivity (Wildman–Crippen MR) is 70.2 cm³/mol. The smallest absolute Gasteiger partial charge is 0.359 e. The van der Waals surface area contributed by atoms with Gasteiger partial charge in [0.05, 0.1) is 6.42 Å². The molecular weight excluding hydrogens is 255 g/mol. The molecule has 1 N–H and O–H groups in total. The van der Waals surface area contributed by atoms with Gasteiger partial charge in [-0.05, 0) is 17.7 Å². The molecule has 0 spiro atoms. The molecule has 108 valence electrons. The van der Waals surface area contributed by atoms with Gasteiger partial charge in [0.1, 0.15) is 5.82 Å². The number of alkyl halides is 3. The number of hydrogen-bond acceptors (Lipinski definition) is 3. The highest BCUT2D eigenvalue weighted by Gasteiger charge is 2.27. The Morgan fingerprint density at radius 2 is 2.05 bits per heavy atom. The third kappa shape index (κ3) is 6.42. The first kappa shape index (κ1) is 15.8. The van der Waals surface area contributed by atoms with E-state index < -0.39 is 12.6 Å². The Bertz CT molecular complexity index is 391. The molecule has 6 heteroatoms. The van der Waals surface area contributed by atoms with Gasteiger partial charge in [0, 0.05) is 32.4 Å². The average Bonchev–Trinajstić information content (AvgIpc) is 2.33. The first-order chi connectivity index (χ1) is 8.78. The van der Waals surface area contributed by atoms with Crippen molar-refractivity contribution in [2.24, 2.45) is 0 Å². The predicted octanol–water partition coefficient (Wildman–Crippen LogP) is 2.97.